The first-order chi connectivity index (χ1) is 8.11. The molecule has 1 amide bonds. The number of carbonyl (C=O) groups is 1. The molecule has 1 aliphatic rings. The summed E-state index contributed by atoms with van der Waals surface area (Å²) in [5, 5.41) is 0.414. The van der Waals surface area contributed by atoms with Gasteiger partial charge in [-0.25, -0.2) is 0 Å². The van der Waals surface area contributed by atoms with E-state index >= 15 is 0 Å². The summed E-state index contributed by atoms with van der Waals surface area (Å²) in [6, 6.07) is 5.17. The lowest BCUT2D eigenvalue weighted by atomic mass is 10.1. The molecule has 0 spiro atoms. The van der Waals surface area contributed by atoms with Gasteiger partial charge in [0.05, 0.1) is 35.5 Å². The van der Waals surface area contributed by atoms with Crippen molar-refractivity contribution in [2.75, 3.05) is 25.5 Å². The molecule has 0 bridgehead atoms. The van der Waals surface area contributed by atoms with E-state index < -0.39 is 0 Å². The number of rotatable bonds is 1. The van der Waals surface area contributed by atoms with Gasteiger partial charge in [-0.1, -0.05) is 17.7 Å². The number of nitrogens with two attached hydrogens (primary N) is 1. The Morgan fingerprint density at radius 1 is 1.59 bits per heavy atom. The zero-order valence-corrected chi connectivity index (χ0v) is 10.4. The van der Waals surface area contributed by atoms with Crippen LogP contribution in [0.1, 0.15) is 17.3 Å². The van der Waals surface area contributed by atoms with Crippen LogP contribution < -0.4 is 5.73 Å². The van der Waals surface area contributed by atoms with Crippen LogP contribution in [0, 0.1) is 0 Å². The standard InChI is InChI=1S/C12H15ClN2O2/c1-8-7-17-6-5-15(8)12(16)9-3-2-4-10(13)11(9)14/h2-4,8H,5-7,14H2,1H3/t8-/m1/s1. The number of benzene rings is 1. The highest BCUT2D eigenvalue weighted by Gasteiger charge is 2.26. The van der Waals surface area contributed by atoms with Crippen molar-refractivity contribution < 1.29 is 9.53 Å². The Morgan fingerprint density at radius 2 is 2.35 bits per heavy atom. The van der Waals surface area contributed by atoms with Crippen LogP contribution >= 0.6 is 11.6 Å². The smallest absolute Gasteiger partial charge is 0.256 e. The van der Waals surface area contributed by atoms with Gasteiger partial charge in [0.15, 0.2) is 0 Å². The van der Waals surface area contributed by atoms with Crippen molar-refractivity contribution in [3.05, 3.63) is 28.8 Å². The molecule has 2 N–H and O–H groups in total. The van der Waals surface area contributed by atoms with Gasteiger partial charge in [-0.3, -0.25) is 4.79 Å². The molecule has 0 aliphatic carbocycles. The Kier molecular flexibility index (Phi) is 3.54. The van der Waals surface area contributed by atoms with Gasteiger partial charge in [0.1, 0.15) is 0 Å². The quantitative estimate of drug-likeness (QED) is 0.778. The maximum absolute atomic E-state index is 12.3. The van der Waals surface area contributed by atoms with E-state index in [0.717, 1.165) is 0 Å². The first-order valence-electron chi connectivity index (χ1n) is 5.54. The Morgan fingerprint density at radius 3 is 3.06 bits per heavy atom. The van der Waals surface area contributed by atoms with E-state index in [-0.39, 0.29) is 11.9 Å². The highest BCUT2D eigenvalue weighted by molar-refractivity contribution is 6.33. The molecule has 17 heavy (non-hydrogen) atoms. The van der Waals surface area contributed by atoms with E-state index in [1.165, 1.54) is 0 Å². The number of para-hydroxylation sites is 1. The zero-order valence-electron chi connectivity index (χ0n) is 9.65. The molecule has 0 unspecified atom stereocenters. The molecule has 2 rings (SSSR count). The predicted molar refractivity (Wildman–Crippen MR) is 67.2 cm³/mol. The summed E-state index contributed by atoms with van der Waals surface area (Å²) in [6.45, 7) is 3.67. The highest BCUT2D eigenvalue weighted by Crippen LogP contribution is 2.24. The minimum Gasteiger partial charge on any atom is -0.397 e. The van der Waals surface area contributed by atoms with Crippen LogP contribution in [0.3, 0.4) is 0 Å². The SMILES string of the molecule is C[C@@H]1COCCN1C(=O)c1cccc(Cl)c1N. The van der Waals surface area contributed by atoms with Crippen molar-refractivity contribution in [3.63, 3.8) is 0 Å². The zero-order chi connectivity index (χ0) is 12.4. The van der Waals surface area contributed by atoms with E-state index in [4.69, 9.17) is 22.1 Å². The predicted octanol–water partition coefficient (Wildman–Crippen LogP) is 1.78. The van der Waals surface area contributed by atoms with Crippen LogP contribution in [-0.4, -0.2) is 36.6 Å². The van der Waals surface area contributed by atoms with Crippen molar-refractivity contribution in [2.45, 2.75) is 13.0 Å². The normalized spacial score (nSPS) is 20.4. The molecule has 5 heteroatoms. The molecule has 4 nitrogen and oxygen atoms in total. The third-order valence-corrected chi connectivity index (χ3v) is 3.24. The van der Waals surface area contributed by atoms with Gasteiger partial charge in [-0.15, -0.1) is 0 Å². The molecule has 1 heterocycles. The number of carbonyl (C=O) groups excluding carboxylic acids is 1. The molecule has 1 atom stereocenters. The molecule has 0 saturated carbocycles. The summed E-state index contributed by atoms with van der Waals surface area (Å²) in [4.78, 5) is 14.1. The lowest BCUT2D eigenvalue weighted by Crippen LogP contribution is -2.47. The number of hydrogen-bond acceptors (Lipinski definition) is 3. The fourth-order valence-corrected chi connectivity index (χ4v) is 2.08. The molecule has 1 aliphatic heterocycles. The van der Waals surface area contributed by atoms with Gasteiger partial charge in [0.25, 0.3) is 5.91 Å². The topological polar surface area (TPSA) is 55.6 Å². The molecule has 0 aromatic heterocycles. The van der Waals surface area contributed by atoms with Gasteiger partial charge in [-0.05, 0) is 19.1 Å². The largest absolute Gasteiger partial charge is 0.397 e. The Balaban J connectivity index is 2.27. The summed E-state index contributed by atoms with van der Waals surface area (Å²) in [5.74, 6) is -0.0826. The van der Waals surface area contributed by atoms with Crippen LogP contribution in [0.15, 0.2) is 18.2 Å². The van der Waals surface area contributed by atoms with Crippen molar-refractivity contribution in [1.29, 1.82) is 0 Å². The third kappa shape index (κ3) is 2.37. The number of ether oxygens (including phenoxy) is 1. The molecule has 1 fully saturated rings. The van der Waals surface area contributed by atoms with Gasteiger partial charge in [-0.2, -0.15) is 0 Å². The molecule has 1 saturated heterocycles. The second kappa shape index (κ2) is 4.94. The van der Waals surface area contributed by atoms with Gasteiger partial charge in [0.2, 0.25) is 0 Å². The summed E-state index contributed by atoms with van der Waals surface area (Å²) in [5.41, 5.74) is 6.63. The Bertz CT molecular complexity index is 437. The number of anilines is 1. The van der Waals surface area contributed by atoms with E-state index in [1.54, 1.807) is 23.1 Å². The first kappa shape index (κ1) is 12.2. The average Bonchev–Trinajstić information content (AvgIpc) is 2.32. The minimum absolute atomic E-state index is 0.0645. The van der Waals surface area contributed by atoms with Crippen LogP contribution in [0.5, 0.6) is 0 Å². The van der Waals surface area contributed by atoms with E-state index in [2.05, 4.69) is 0 Å². The van der Waals surface area contributed by atoms with Gasteiger partial charge in [0, 0.05) is 6.54 Å². The second-order valence-corrected chi connectivity index (χ2v) is 4.53. The van der Waals surface area contributed by atoms with E-state index in [1.807, 2.05) is 6.92 Å². The molecule has 1 aromatic rings. The first-order valence-corrected chi connectivity index (χ1v) is 5.91. The summed E-state index contributed by atoms with van der Waals surface area (Å²) in [6.07, 6.45) is 0. The minimum atomic E-state index is -0.0826. The molecular formula is C12H15ClN2O2. The second-order valence-electron chi connectivity index (χ2n) is 4.12. The lowest BCUT2D eigenvalue weighted by Gasteiger charge is -2.33. The monoisotopic (exact) mass is 254 g/mol. The van der Waals surface area contributed by atoms with Crippen molar-refractivity contribution >= 4 is 23.2 Å². The molecular weight excluding hydrogens is 240 g/mol. The number of amides is 1. The van der Waals surface area contributed by atoms with Crippen molar-refractivity contribution in [1.82, 2.24) is 4.90 Å². The fraction of sp³-hybridized carbons (Fsp3) is 0.417. The van der Waals surface area contributed by atoms with Crippen LogP contribution in [0.25, 0.3) is 0 Å². The number of morpholine rings is 1. The fourth-order valence-electron chi connectivity index (χ4n) is 1.91. The molecule has 92 valence electrons. The van der Waals surface area contributed by atoms with Crippen LogP contribution in [-0.2, 0) is 4.74 Å². The maximum atomic E-state index is 12.3. The maximum Gasteiger partial charge on any atom is 0.256 e. The Labute approximate surface area is 105 Å². The summed E-state index contributed by atoms with van der Waals surface area (Å²) in [7, 11) is 0. The average molecular weight is 255 g/mol. The highest BCUT2D eigenvalue weighted by atomic mass is 35.5. The van der Waals surface area contributed by atoms with E-state index in [0.29, 0.717) is 36.0 Å². The van der Waals surface area contributed by atoms with Crippen molar-refractivity contribution in [3.8, 4) is 0 Å². The van der Waals surface area contributed by atoms with E-state index in [9.17, 15) is 4.79 Å². The third-order valence-electron chi connectivity index (χ3n) is 2.91. The number of nitrogens with zero attached hydrogens (tertiary/aromatic N) is 1. The van der Waals surface area contributed by atoms with Crippen LogP contribution in [0.2, 0.25) is 5.02 Å². The molecule has 0 radical (unpaired) electrons. The van der Waals surface area contributed by atoms with Crippen LogP contribution in [0.4, 0.5) is 5.69 Å². The number of hydrogen-bond donors (Lipinski definition) is 1. The Hall–Kier alpha value is -1.26. The summed E-state index contributed by atoms with van der Waals surface area (Å²) < 4.78 is 5.30. The number of nitrogen functional groups attached to an aromatic ring is 1. The molecule has 1 aromatic carbocycles. The van der Waals surface area contributed by atoms with Crippen molar-refractivity contribution in [2.24, 2.45) is 0 Å². The van der Waals surface area contributed by atoms with Gasteiger partial charge >= 0.3 is 0 Å². The van der Waals surface area contributed by atoms with Gasteiger partial charge < -0.3 is 15.4 Å². The summed E-state index contributed by atoms with van der Waals surface area (Å²) >= 11 is 5.91. The number of halogens is 1. The lowest BCUT2D eigenvalue weighted by molar-refractivity contribution is 0.00365.